The van der Waals surface area contributed by atoms with E-state index in [-0.39, 0.29) is 0 Å². The van der Waals surface area contributed by atoms with Gasteiger partial charge in [-0.2, -0.15) is 0 Å². The molecule has 64 valence electrons. The summed E-state index contributed by atoms with van der Waals surface area (Å²) in [5, 5.41) is 0. The smallest absolute Gasteiger partial charge is 0.00144 e. The highest BCUT2D eigenvalue weighted by molar-refractivity contribution is 5.29. The van der Waals surface area contributed by atoms with Crippen LogP contribution in [0.15, 0.2) is 36.4 Å². The molecule has 1 unspecified atom stereocenters. The van der Waals surface area contributed by atoms with Crippen LogP contribution in [0.5, 0.6) is 0 Å². The molecule has 0 saturated carbocycles. The second kappa shape index (κ2) is 3.57. The monoisotopic (exact) mass is 160 g/mol. The lowest BCUT2D eigenvalue weighted by molar-refractivity contribution is 0.897. The Hall–Kier alpha value is -1.04. The molecule has 0 saturated heterocycles. The van der Waals surface area contributed by atoms with Crippen LogP contribution in [0.25, 0.3) is 0 Å². The number of allylic oxidation sites excluding steroid dienone is 1. The lowest BCUT2D eigenvalue weighted by Gasteiger charge is -2.11. The van der Waals surface area contributed by atoms with E-state index >= 15 is 0 Å². The van der Waals surface area contributed by atoms with Gasteiger partial charge >= 0.3 is 0 Å². The van der Waals surface area contributed by atoms with Crippen LogP contribution in [0.3, 0.4) is 0 Å². The zero-order valence-corrected chi connectivity index (χ0v) is 8.09. The summed E-state index contributed by atoms with van der Waals surface area (Å²) in [6, 6.07) is 8.60. The minimum atomic E-state index is 0.477. The van der Waals surface area contributed by atoms with E-state index in [1.807, 2.05) is 0 Å². The van der Waals surface area contributed by atoms with E-state index in [9.17, 15) is 0 Å². The van der Waals surface area contributed by atoms with Gasteiger partial charge in [0.15, 0.2) is 0 Å². The predicted molar refractivity (Wildman–Crippen MR) is 54.4 cm³/mol. The molecule has 0 fully saturated rings. The number of hydrogen-bond acceptors (Lipinski definition) is 0. The number of benzene rings is 1. The molecular formula is C12H16. The fraction of sp³-hybridized carbons (Fsp3) is 0.333. The maximum absolute atomic E-state index is 3.96. The van der Waals surface area contributed by atoms with Crippen LogP contribution >= 0.6 is 0 Å². The summed E-state index contributed by atoms with van der Waals surface area (Å²) in [4.78, 5) is 0. The van der Waals surface area contributed by atoms with Crippen molar-refractivity contribution in [3.05, 3.63) is 47.5 Å². The maximum atomic E-state index is 3.96. The van der Waals surface area contributed by atoms with Gasteiger partial charge in [0.1, 0.15) is 0 Å². The minimum absolute atomic E-state index is 0.477. The van der Waals surface area contributed by atoms with E-state index in [2.05, 4.69) is 51.6 Å². The summed E-state index contributed by atoms with van der Waals surface area (Å²) in [7, 11) is 0. The summed E-state index contributed by atoms with van der Waals surface area (Å²) in [5.41, 5.74) is 3.91. The van der Waals surface area contributed by atoms with E-state index < -0.39 is 0 Å². The normalized spacial score (nSPS) is 12.6. The van der Waals surface area contributed by atoms with Crippen LogP contribution in [0.2, 0.25) is 0 Å². The Morgan fingerprint density at radius 2 is 2.08 bits per heavy atom. The Bertz CT molecular complexity index is 284. The van der Waals surface area contributed by atoms with Crippen LogP contribution < -0.4 is 0 Å². The van der Waals surface area contributed by atoms with Gasteiger partial charge in [0.2, 0.25) is 0 Å². The van der Waals surface area contributed by atoms with E-state index in [1.165, 1.54) is 16.7 Å². The Morgan fingerprint density at radius 3 is 2.58 bits per heavy atom. The molecule has 0 aliphatic heterocycles. The predicted octanol–water partition coefficient (Wildman–Crippen LogP) is 3.67. The molecule has 0 N–H and O–H groups in total. The molecule has 0 nitrogen and oxygen atoms in total. The third-order valence-corrected chi connectivity index (χ3v) is 2.28. The van der Waals surface area contributed by atoms with Crippen molar-refractivity contribution in [3.8, 4) is 0 Å². The van der Waals surface area contributed by atoms with Gasteiger partial charge < -0.3 is 0 Å². The first-order chi connectivity index (χ1) is 5.61. The summed E-state index contributed by atoms with van der Waals surface area (Å²) < 4.78 is 0. The fourth-order valence-electron chi connectivity index (χ4n) is 1.22. The highest BCUT2D eigenvalue weighted by atomic mass is 14.1. The van der Waals surface area contributed by atoms with E-state index in [4.69, 9.17) is 0 Å². The molecule has 0 bridgehead atoms. The fourth-order valence-corrected chi connectivity index (χ4v) is 1.22. The summed E-state index contributed by atoms with van der Waals surface area (Å²) in [5.74, 6) is 0.477. The molecular weight excluding hydrogens is 144 g/mol. The van der Waals surface area contributed by atoms with Crippen LogP contribution in [-0.4, -0.2) is 0 Å². The van der Waals surface area contributed by atoms with E-state index in [0.717, 1.165) is 0 Å². The molecule has 0 radical (unpaired) electrons. The average Bonchev–Trinajstić information content (AvgIpc) is 2.03. The molecule has 0 amide bonds. The minimum Gasteiger partial charge on any atom is -0.0995 e. The first-order valence-corrected chi connectivity index (χ1v) is 4.33. The van der Waals surface area contributed by atoms with Crippen molar-refractivity contribution in [2.24, 2.45) is 0 Å². The van der Waals surface area contributed by atoms with Gasteiger partial charge in [0.25, 0.3) is 0 Å². The van der Waals surface area contributed by atoms with Crippen molar-refractivity contribution in [3.63, 3.8) is 0 Å². The highest BCUT2D eigenvalue weighted by Gasteiger charge is 2.04. The zero-order valence-electron chi connectivity index (χ0n) is 8.09. The maximum Gasteiger partial charge on any atom is 0.00144 e. The second-order valence-electron chi connectivity index (χ2n) is 3.48. The van der Waals surface area contributed by atoms with Crippen molar-refractivity contribution in [2.75, 3.05) is 0 Å². The van der Waals surface area contributed by atoms with Gasteiger partial charge in [-0.3, -0.25) is 0 Å². The Morgan fingerprint density at radius 1 is 1.42 bits per heavy atom. The lowest BCUT2D eigenvalue weighted by Crippen LogP contribution is -1.93. The van der Waals surface area contributed by atoms with Gasteiger partial charge in [0, 0.05) is 5.92 Å². The van der Waals surface area contributed by atoms with Crippen LogP contribution in [0, 0.1) is 6.92 Å². The Kier molecular flexibility index (Phi) is 2.69. The van der Waals surface area contributed by atoms with E-state index in [0.29, 0.717) is 5.92 Å². The van der Waals surface area contributed by atoms with E-state index in [1.54, 1.807) is 0 Å². The Balaban J connectivity index is 2.95. The third-order valence-electron chi connectivity index (χ3n) is 2.28. The first kappa shape index (κ1) is 9.05. The molecule has 0 spiro atoms. The van der Waals surface area contributed by atoms with Crippen molar-refractivity contribution in [1.29, 1.82) is 0 Å². The van der Waals surface area contributed by atoms with Gasteiger partial charge in [-0.15, -0.1) is 0 Å². The molecule has 0 aliphatic carbocycles. The lowest BCUT2D eigenvalue weighted by atomic mass is 9.94. The molecule has 1 aromatic rings. The van der Waals surface area contributed by atoms with Gasteiger partial charge in [-0.25, -0.2) is 0 Å². The molecule has 1 aromatic carbocycles. The van der Waals surface area contributed by atoms with Crippen molar-refractivity contribution in [1.82, 2.24) is 0 Å². The van der Waals surface area contributed by atoms with Gasteiger partial charge in [-0.05, 0) is 19.4 Å². The number of hydrogen-bond donors (Lipinski definition) is 0. The van der Waals surface area contributed by atoms with Crippen molar-refractivity contribution >= 4 is 0 Å². The topological polar surface area (TPSA) is 0 Å². The third kappa shape index (κ3) is 1.97. The highest BCUT2D eigenvalue weighted by Crippen LogP contribution is 2.22. The summed E-state index contributed by atoms with van der Waals surface area (Å²) in [6.07, 6.45) is 0. The summed E-state index contributed by atoms with van der Waals surface area (Å²) in [6.45, 7) is 10.3. The van der Waals surface area contributed by atoms with Crippen molar-refractivity contribution in [2.45, 2.75) is 26.7 Å². The molecule has 12 heavy (non-hydrogen) atoms. The number of rotatable bonds is 2. The number of aryl methyl sites for hydroxylation is 1. The molecule has 1 rings (SSSR count). The zero-order chi connectivity index (χ0) is 9.14. The first-order valence-electron chi connectivity index (χ1n) is 4.33. The Labute approximate surface area is 74.9 Å². The van der Waals surface area contributed by atoms with Gasteiger partial charge in [-0.1, -0.05) is 48.9 Å². The van der Waals surface area contributed by atoms with Gasteiger partial charge in [0.05, 0.1) is 0 Å². The molecule has 0 heterocycles. The molecule has 0 aliphatic rings. The molecule has 0 heteroatoms. The van der Waals surface area contributed by atoms with Crippen LogP contribution in [-0.2, 0) is 0 Å². The summed E-state index contributed by atoms with van der Waals surface area (Å²) >= 11 is 0. The second-order valence-corrected chi connectivity index (χ2v) is 3.48. The SMILES string of the molecule is C=C(C)C(C)c1cccc(C)c1. The molecule has 0 aromatic heterocycles. The average molecular weight is 160 g/mol. The van der Waals surface area contributed by atoms with Crippen LogP contribution in [0.4, 0.5) is 0 Å². The largest absolute Gasteiger partial charge is 0.0995 e. The standard InChI is InChI=1S/C12H16/c1-9(2)11(4)12-7-5-6-10(3)8-12/h5-8,11H,1H2,2-4H3. The van der Waals surface area contributed by atoms with Crippen LogP contribution in [0.1, 0.15) is 30.9 Å². The van der Waals surface area contributed by atoms with Crippen molar-refractivity contribution < 1.29 is 0 Å². The quantitative estimate of drug-likeness (QED) is 0.579. The molecule has 1 atom stereocenters.